The first-order chi connectivity index (χ1) is 20.0. The summed E-state index contributed by atoms with van der Waals surface area (Å²) in [4.78, 5) is 30.0. The van der Waals surface area contributed by atoms with Gasteiger partial charge >= 0.3 is 6.09 Å². The Morgan fingerprint density at radius 1 is 0.976 bits per heavy atom. The van der Waals surface area contributed by atoms with Gasteiger partial charge in [0.15, 0.2) is 0 Å². The van der Waals surface area contributed by atoms with Crippen LogP contribution in [0.25, 0.3) is 0 Å². The molecule has 0 radical (unpaired) electrons. The van der Waals surface area contributed by atoms with Crippen LogP contribution in [0.4, 0.5) is 4.79 Å². The van der Waals surface area contributed by atoms with E-state index in [1.54, 1.807) is 6.92 Å². The lowest BCUT2D eigenvalue weighted by Gasteiger charge is -2.40. The highest BCUT2D eigenvalue weighted by atomic mass is 32.1. The van der Waals surface area contributed by atoms with Gasteiger partial charge in [-0.25, -0.2) is 14.7 Å². The standard InChI is InChI=1S/C33H52N2O5S/c1-4-6-7-8-9-10-11-12-13-14-15-16-17-19-27-20-18-21-28(24-36)30(27)31-29(22-23-39-25-37)26(3)34-32(41)35(31)33(38)40-5-2/h18,20-21,25,29,31,36H,4-17,19,22-24H2,1-3H3. The highest BCUT2D eigenvalue weighted by Crippen LogP contribution is 2.40. The largest absolute Gasteiger partial charge is 0.468 e. The molecule has 2 unspecified atom stereocenters. The fourth-order valence-electron chi connectivity index (χ4n) is 5.88. The van der Waals surface area contributed by atoms with Crippen molar-refractivity contribution in [1.29, 1.82) is 0 Å². The molecule has 1 aliphatic heterocycles. The first kappa shape index (κ1) is 34.9. The molecule has 0 saturated heterocycles. The zero-order valence-electron chi connectivity index (χ0n) is 25.6. The Bertz CT molecular complexity index is 967. The number of aliphatic hydroxyl groups excluding tert-OH is 1. The maximum Gasteiger partial charge on any atom is 0.416 e. The maximum absolute atomic E-state index is 13.2. The summed E-state index contributed by atoms with van der Waals surface area (Å²) in [6.45, 7) is 6.58. The van der Waals surface area contributed by atoms with Gasteiger partial charge in [0.05, 0.1) is 25.9 Å². The fourth-order valence-corrected chi connectivity index (χ4v) is 6.21. The number of thiocarbonyl (C=S) groups is 1. The molecule has 8 heteroatoms. The molecule has 1 amide bonds. The van der Waals surface area contributed by atoms with Crippen molar-refractivity contribution in [2.24, 2.45) is 10.9 Å². The highest BCUT2D eigenvalue weighted by molar-refractivity contribution is 7.80. The highest BCUT2D eigenvalue weighted by Gasteiger charge is 2.42. The lowest BCUT2D eigenvalue weighted by molar-refractivity contribution is -0.129. The summed E-state index contributed by atoms with van der Waals surface area (Å²) in [5, 5.41) is 10.5. The molecule has 0 spiro atoms. The van der Waals surface area contributed by atoms with Crippen molar-refractivity contribution in [2.75, 3.05) is 13.2 Å². The molecule has 1 aromatic rings. The van der Waals surface area contributed by atoms with Crippen LogP contribution in [0.3, 0.4) is 0 Å². The summed E-state index contributed by atoms with van der Waals surface area (Å²) in [6.07, 6.45) is 17.6. The van der Waals surface area contributed by atoms with Crippen molar-refractivity contribution < 1.29 is 24.2 Å². The van der Waals surface area contributed by atoms with Gasteiger partial charge in [-0.3, -0.25) is 4.79 Å². The predicted molar refractivity (Wildman–Crippen MR) is 169 cm³/mol. The average molecular weight is 589 g/mol. The zero-order valence-corrected chi connectivity index (χ0v) is 26.4. The molecule has 1 aliphatic rings. The third-order valence-corrected chi connectivity index (χ3v) is 8.34. The van der Waals surface area contributed by atoms with Gasteiger partial charge in [0.25, 0.3) is 6.47 Å². The number of unbranched alkanes of at least 4 members (excludes halogenated alkanes) is 12. The molecule has 7 nitrogen and oxygen atoms in total. The number of aryl methyl sites for hydroxylation is 1. The van der Waals surface area contributed by atoms with Crippen LogP contribution < -0.4 is 0 Å². The fraction of sp³-hybridized carbons (Fsp3) is 0.697. The molecule has 0 saturated carbocycles. The minimum Gasteiger partial charge on any atom is -0.468 e. The molecule has 0 fully saturated rings. The number of carbonyl (C=O) groups excluding carboxylic acids is 2. The lowest BCUT2D eigenvalue weighted by atomic mass is 9.80. The second-order valence-corrected chi connectivity index (χ2v) is 11.4. The van der Waals surface area contributed by atoms with Gasteiger partial charge in [-0.1, -0.05) is 102 Å². The molecular weight excluding hydrogens is 536 g/mol. The van der Waals surface area contributed by atoms with E-state index in [9.17, 15) is 14.7 Å². The molecular formula is C33H52N2O5S. The minimum atomic E-state index is -0.556. The van der Waals surface area contributed by atoms with Crippen molar-refractivity contribution in [3.8, 4) is 0 Å². The quantitative estimate of drug-likeness (QED) is 0.0884. The van der Waals surface area contributed by atoms with Crippen molar-refractivity contribution in [2.45, 2.75) is 130 Å². The Hall–Kier alpha value is -2.32. The molecule has 2 atom stereocenters. The van der Waals surface area contributed by atoms with E-state index in [0.29, 0.717) is 12.9 Å². The SMILES string of the molecule is CCCCCCCCCCCCCCCc1cccc(CO)c1C1C(CCOC=O)C(C)=NC(=S)N1C(=O)OCC. The van der Waals surface area contributed by atoms with Crippen molar-refractivity contribution in [3.63, 3.8) is 0 Å². The van der Waals surface area contributed by atoms with Gasteiger partial charge in [-0.05, 0) is 62.0 Å². The zero-order chi connectivity index (χ0) is 29.9. The summed E-state index contributed by atoms with van der Waals surface area (Å²) in [5.74, 6) is -0.246. The first-order valence-electron chi connectivity index (χ1n) is 15.8. The van der Waals surface area contributed by atoms with Crippen LogP contribution in [0.15, 0.2) is 23.2 Å². The minimum absolute atomic E-state index is 0.151. The van der Waals surface area contributed by atoms with E-state index in [2.05, 4.69) is 18.0 Å². The van der Waals surface area contributed by atoms with Crippen LogP contribution in [0.1, 0.15) is 133 Å². The second kappa shape index (κ2) is 20.5. The van der Waals surface area contributed by atoms with E-state index < -0.39 is 12.1 Å². The molecule has 2 rings (SSSR count). The Morgan fingerprint density at radius 2 is 1.56 bits per heavy atom. The normalized spacial score (nSPS) is 16.9. The van der Waals surface area contributed by atoms with Crippen LogP contribution >= 0.6 is 12.2 Å². The number of amides is 1. The van der Waals surface area contributed by atoms with Crippen LogP contribution in [-0.4, -0.2) is 46.6 Å². The van der Waals surface area contributed by atoms with Gasteiger partial charge in [0, 0.05) is 11.6 Å². The van der Waals surface area contributed by atoms with Crippen molar-refractivity contribution >= 4 is 35.6 Å². The Morgan fingerprint density at radius 3 is 2.12 bits per heavy atom. The monoisotopic (exact) mass is 588 g/mol. The average Bonchev–Trinajstić information content (AvgIpc) is 2.96. The molecule has 230 valence electrons. The van der Waals surface area contributed by atoms with Crippen molar-refractivity contribution in [1.82, 2.24) is 4.90 Å². The number of carbonyl (C=O) groups is 2. The summed E-state index contributed by atoms with van der Waals surface area (Å²) < 4.78 is 10.4. The summed E-state index contributed by atoms with van der Waals surface area (Å²) >= 11 is 5.57. The first-order valence-corrected chi connectivity index (χ1v) is 16.2. The third kappa shape index (κ3) is 11.5. The second-order valence-electron chi connectivity index (χ2n) is 11.1. The lowest BCUT2D eigenvalue weighted by Crippen LogP contribution is -2.48. The van der Waals surface area contributed by atoms with E-state index in [-0.39, 0.29) is 30.9 Å². The van der Waals surface area contributed by atoms with E-state index in [1.165, 1.54) is 75.5 Å². The molecule has 1 heterocycles. The third-order valence-electron chi connectivity index (χ3n) is 8.06. The Kier molecular flexibility index (Phi) is 17.5. The summed E-state index contributed by atoms with van der Waals surface area (Å²) in [6, 6.07) is 5.44. The maximum atomic E-state index is 13.2. The van der Waals surface area contributed by atoms with Gasteiger partial charge in [0.2, 0.25) is 5.11 Å². The number of aliphatic imine (C=N–C) groups is 1. The number of hydrogen-bond acceptors (Lipinski definition) is 6. The number of ether oxygens (including phenoxy) is 2. The van der Waals surface area contributed by atoms with Crippen molar-refractivity contribution in [3.05, 3.63) is 34.9 Å². The summed E-state index contributed by atoms with van der Waals surface area (Å²) in [7, 11) is 0. The number of rotatable bonds is 21. The van der Waals surface area contributed by atoms with E-state index >= 15 is 0 Å². The van der Waals surface area contributed by atoms with Crippen LogP contribution in [0.5, 0.6) is 0 Å². The van der Waals surface area contributed by atoms with Gasteiger partial charge in [0.1, 0.15) is 0 Å². The smallest absolute Gasteiger partial charge is 0.416 e. The molecule has 0 aromatic heterocycles. The topological polar surface area (TPSA) is 88.4 Å². The number of benzene rings is 1. The summed E-state index contributed by atoms with van der Waals surface area (Å²) in [5.41, 5.74) is 3.53. The van der Waals surface area contributed by atoms with E-state index in [4.69, 9.17) is 21.7 Å². The molecule has 1 aromatic carbocycles. The Balaban J connectivity index is 2.08. The number of nitrogens with zero attached hydrogens (tertiary/aromatic N) is 2. The van der Waals surface area contributed by atoms with Crippen LogP contribution in [-0.2, 0) is 27.3 Å². The predicted octanol–water partition coefficient (Wildman–Crippen LogP) is 8.25. The van der Waals surface area contributed by atoms with Gasteiger partial charge < -0.3 is 14.6 Å². The molecule has 0 bridgehead atoms. The van der Waals surface area contributed by atoms with Gasteiger partial charge in [-0.2, -0.15) is 0 Å². The number of aliphatic hydroxyl groups is 1. The molecule has 0 aliphatic carbocycles. The van der Waals surface area contributed by atoms with Crippen LogP contribution in [0, 0.1) is 5.92 Å². The molecule has 41 heavy (non-hydrogen) atoms. The number of hydrogen-bond donors (Lipinski definition) is 1. The van der Waals surface area contributed by atoms with E-state index in [1.807, 2.05) is 19.1 Å². The van der Waals surface area contributed by atoms with Gasteiger partial charge in [-0.15, -0.1) is 0 Å². The molecule has 1 N–H and O–H groups in total. The Labute approximate surface area is 253 Å². The van der Waals surface area contributed by atoms with E-state index in [0.717, 1.165) is 41.7 Å². The van der Waals surface area contributed by atoms with Crippen LogP contribution in [0.2, 0.25) is 0 Å².